The molecule has 1 atom stereocenters. The molecule has 1 aliphatic heterocycles. The molecule has 28 heavy (non-hydrogen) atoms. The first kappa shape index (κ1) is 19.7. The Balaban J connectivity index is 1.62. The van der Waals surface area contributed by atoms with Gasteiger partial charge in [0, 0.05) is 19.5 Å². The maximum absolute atomic E-state index is 12.6. The van der Waals surface area contributed by atoms with Crippen LogP contribution < -0.4 is 4.74 Å². The summed E-state index contributed by atoms with van der Waals surface area (Å²) in [6.45, 7) is 0.445. The van der Waals surface area contributed by atoms with Crippen LogP contribution in [0.2, 0.25) is 0 Å². The standard InChI is InChI=1S/C20H18F3NO4/c21-20(22,23)28-15-8-5-13(6-9-15)7-10-18(25)24-11-14-3-1-2-4-16(14)17(12-24)19(26)27/h1-6,8-9,17H,7,10-12H2,(H,26,27). The van der Waals surface area contributed by atoms with Gasteiger partial charge in [-0.25, -0.2) is 0 Å². The molecule has 0 saturated heterocycles. The normalized spacial score (nSPS) is 16.4. The Hall–Kier alpha value is -3.03. The van der Waals surface area contributed by atoms with Crippen LogP contribution in [-0.4, -0.2) is 34.8 Å². The van der Waals surface area contributed by atoms with Crippen molar-refractivity contribution in [1.29, 1.82) is 0 Å². The summed E-state index contributed by atoms with van der Waals surface area (Å²) in [5.74, 6) is -2.27. The minimum atomic E-state index is -4.75. The van der Waals surface area contributed by atoms with Gasteiger partial charge in [0.1, 0.15) is 5.75 Å². The first-order valence-corrected chi connectivity index (χ1v) is 8.66. The molecule has 1 N–H and O–H groups in total. The topological polar surface area (TPSA) is 66.8 Å². The van der Waals surface area contributed by atoms with Gasteiger partial charge in [-0.05, 0) is 35.2 Å². The molecule has 0 aliphatic carbocycles. The average Bonchev–Trinajstić information content (AvgIpc) is 2.65. The average molecular weight is 393 g/mol. The van der Waals surface area contributed by atoms with Crippen LogP contribution in [0.25, 0.3) is 0 Å². The van der Waals surface area contributed by atoms with Crippen molar-refractivity contribution in [2.24, 2.45) is 0 Å². The number of carboxylic acids is 1. The van der Waals surface area contributed by atoms with Gasteiger partial charge in [-0.1, -0.05) is 36.4 Å². The second-order valence-electron chi connectivity index (χ2n) is 6.56. The van der Waals surface area contributed by atoms with Gasteiger partial charge in [0.15, 0.2) is 0 Å². The summed E-state index contributed by atoms with van der Waals surface area (Å²) in [7, 11) is 0. The van der Waals surface area contributed by atoms with Crippen molar-refractivity contribution in [3.05, 3.63) is 65.2 Å². The van der Waals surface area contributed by atoms with E-state index in [2.05, 4.69) is 4.74 Å². The molecule has 1 aliphatic rings. The van der Waals surface area contributed by atoms with Crippen molar-refractivity contribution in [2.45, 2.75) is 31.7 Å². The lowest BCUT2D eigenvalue weighted by atomic mass is 9.89. The molecule has 0 aromatic heterocycles. The van der Waals surface area contributed by atoms with Crippen molar-refractivity contribution < 1.29 is 32.6 Å². The van der Waals surface area contributed by atoms with E-state index in [1.54, 1.807) is 18.2 Å². The second kappa shape index (κ2) is 7.92. The summed E-state index contributed by atoms with van der Waals surface area (Å²) >= 11 is 0. The van der Waals surface area contributed by atoms with Crippen LogP contribution in [-0.2, 0) is 22.6 Å². The summed E-state index contributed by atoms with van der Waals surface area (Å²) in [4.78, 5) is 25.6. The van der Waals surface area contributed by atoms with Crippen molar-refractivity contribution >= 4 is 11.9 Å². The number of aryl methyl sites for hydroxylation is 1. The van der Waals surface area contributed by atoms with Gasteiger partial charge in [0.05, 0.1) is 5.92 Å². The number of carbonyl (C=O) groups is 2. The number of ether oxygens (including phenoxy) is 1. The van der Waals surface area contributed by atoms with Gasteiger partial charge < -0.3 is 14.7 Å². The summed E-state index contributed by atoms with van der Waals surface area (Å²) in [6, 6.07) is 12.5. The Morgan fingerprint density at radius 2 is 1.79 bits per heavy atom. The zero-order chi connectivity index (χ0) is 20.3. The Morgan fingerprint density at radius 3 is 2.43 bits per heavy atom. The van der Waals surface area contributed by atoms with E-state index in [-0.39, 0.29) is 24.6 Å². The molecule has 0 fully saturated rings. The van der Waals surface area contributed by atoms with Crippen LogP contribution in [0.3, 0.4) is 0 Å². The number of benzene rings is 2. The predicted molar refractivity (Wildman–Crippen MR) is 93.7 cm³/mol. The molecule has 3 rings (SSSR count). The van der Waals surface area contributed by atoms with E-state index >= 15 is 0 Å². The maximum Gasteiger partial charge on any atom is 0.573 e. The van der Waals surface area contributed by atoms with Crippen LogP contribution in [0.5, 0.6) is 5.75 Å². The Bertz CT molecular complexity index is 864. The minimum absolute atomic E-state index is 0.101. The third kappa shape index (κ3) is 4.82. The third-order valence-corrected chi connectivity index (χ3v) is 4.63. The monoisotopic (exact) mass is 393 g/mol. The molecule has 1 amide bonds. The lowest BCUT2D eigenvalue weighted by Crippen LogP contribution is -2.40. The van der Waals surface area contributed by atoms with Crippen LogP contribution in [0.4, 0.5) is 13.2 Å². The fourth-order valence-electron chi connectivity index (χ4n) is 3.28. The Labute approximate surface area is 159 Å². The molecule has 1 unspecified atom stereocenters. The molecule has 0 radical (unpaired) electrons. The largest absolute Gasteiger partial charge is 0.573 e. The van der Waals surface area contributed by atoms with Crippen molar-refractivity contribution in [3.8, 4) is 5.75 Å². The molecule has 8 heteroatoms. The van der Waals surface area contributed by atoms with Crippen LogP contribution in [0.15, 0.2) is 48.5 Å². The highest BCUT2D eigenvalue weighted by molar-refractivity contribution is 5.81. The highest BCUT2D eigenvalue weighted by atomic mass is 19.4. The lowest BCUT2D eigenvalue weighted by molar-refractivity contribution is -0.274. The summed E-state index contributed by atoms with van der Waals surface area (Å²) < 4.78 is 40.4. The highest BCUT2D eigenvalue weighted by Gasteiger charge is 2.32. The van der Waals surface area contributed by atoms with E-state index in [0.29, 0.717) is 18.5 Å². The molecule has 2 aromatic rings. The molecular weight excluding hydrogens is 375 g/mol. The highest BCUT2D eigenvalue weighted by Crippen LogP contribution is 2.29. The number of hydrogen-bond donors (Lipinski definition) is 1. The molecule has 0 saturated carbocycles. The molecule has 0 bridgehead atoms. The molecular formula is C20H18F3NO4. The number of amides is 1. The fraction of sp³-hybridized carbons (Fsp3) is 0.300. The second-order valence-corrected chi connectivity index (χ2v) is 6.56. The number of fused-ring (bicyclic) bond motifs is 1. The number of carbonyl (C=O) groups excluding carboxylic acids is 1. The first-order chi connectivity index (χ1) is 13.2. The van der Waals surface area contributed by atoms with Crippen molar-refractivity contribution in [2.75, 3.05) is 6.54 Å². The Morgan fingerprint density at radius 1 is 1.11 bits per heavy atom. The number of rotatable bonds is 5. The number of hydrogen-bond acceptors (Lipinski definition) is 3. The molecule has 5 nitrogen and oxygen atoms in total. The molecule has 0 spiro atoms. The number of alkyl halides is 3. The molecule has 1 heterocycles. The van der Waals surface area contributed by atoms with E-state index in [1.807, 2.05) is 6.07 Å². The third-order valence-electron chi connectivity index (χ3n) is 4.63. The first-order valence-electron chi connectivity index (χ1n) is 8.66. The molecule has 148 valence electrons. The van der Waals surface area contributed by atoms with Crippen LogP contribution in [0, 0.1) is 0 Å². The summed E-state index contributed by atoms with van der Waals surface area (Å²) in [5.41, 5.74) is 2.22. The number of aliphatic carboxylic acids is 1. The summed E-state index contributed by atoms with van der Waals surface area (Å²) in [5, 5.41) is 9.47. The van der Waals surface area contributed by atoms with E-state index in [1.165, 1.54) is 29.2 Å². The van der Waals surface area contributed by atoms with E-state index in [0.717, 1.165) is 11.1 Å². The fourth-order valence-corrected chi connectivity index (χ4v) is 3.28. The van der Waals surface area contributed by atoms with Crippen molar-refractivity contribution in [3.63, 3.8) is 0 Å². The van der Waals surface area contributed by atoms with Crippen LogP contribution >= 0.6 is 0 Å². The zero-order valence-electron chi connectivity index (χ0n) is 14.8. The summed E-state index contributed by atoms with van der Waals surface area (Å²) in [6.07, 6.45) is -4.28. The minimum Gasteiger partial charge on any atom is -0.481 e. The van der Waals surface area contributed by atoms with E-state index in [4.69, 9.17) is 0 Å². The lowest BCUT2D eigenvalue weighted by Gasteiger charge is -2.33. The van der Waals surface area contributed by atoms with Gasteiger partial charge in [-0.15, -0.1) is 13.2 Å². The number of nitrogens with zero attached hydrogens (tertiary/aromatic N) is 1. The Kier molecular flexibility index (Phi) is 5.58. The zero-order valence-corrected chi connectivity index (χ0v) is 14.8. The van der Waals surface area contributed by atoms with Gasteiger partial charge in [0.25, 0.3) is 0 Å². The molecule has 2 aromatic carbocycles. The SMILES string of the molecule is O=C(O)C1CN(C(=O)CCc2ccc(OC(F)(F)F)cc2)Cc2ccccc21. The quantitative estimate of drug-likeness (QED) is 0.841. The van der Waals surface area contributed by atoms with Crippen LogP contribution in [0.1, 0.15) is 29.0 Å². The smallest absolute Gasteiger partial charge is 0.481 e. The van der Waals surface area contributed by atoms with Gasteiger partial charge in [0.2, 0.25) is 5.91 Å². The van der Waals surface area contributed by atoms with Gasteiger partial charge >= 0.3 is 12.3 Å². The number of carboxylic acid groups (broad SMARTS) is 1. The predicted octanol–water partition coefficient (Wildman–Crippen LogP) is 3.73. The van der Waals surface area contributed by atoms with Crippen molar-refractivity contribution in [1.82, 2.24) is 4.90 Å². The maximum atomic E-state index is 12.6. The van der Waals surface area contributed by atoms with Gasteiger partial charge in [-0.3, -0.25) is 9.59 Å². The van der Waals surface area contributed by atoms with E-state index < -0.39 is 18.2 Å². The van der Waals surface area contributed by atoms with Gasteiger partial charge in [-0.2, -0.15) is 0 Å². The van der Waals surface area contributed by atoms with E-state index in [9.17, 15) is 27.9 Å². The number of halogens is 3.